The molecule has 0 bridgehead atoms. The summed E-state index contributed by atoms with van der Waals surface area (Å²) in [7, 11) is 0. The van der Waals surface area contributed by atoms with Gasteiger partial charge in [0.15, 0.2) is 11.1 Å². The van der Waals surface area contributed by atoms with E-state index < -0.39 is 0 Å². The largest absolute Gasteiger partial charge is 0.341 e. The van der Waals surface area contributed by atoms with Crippen molar-refractivity contribution >= 4 is 22.6 Å². The highest BCUT2D eigenvalue weighted by Gasteiger charge is 2.19. The summed E-state index contributed by atoms with van der Waals surface area (Å²) in [6, 6.07) is 21.8. The number of fused-ring (bicyclic) bond motifs is 1. The number of hydrogen-bond acceptors (Lipinski definition) is 4. The SMILES string of the molecule is C=C/C=C(\C=C)Nc1cc(=O)c2c(C)cc(C(=O)c3ccccc3)nc2n1-c1ccccc1. The van der Waals surface area contributed by atoms with Crippen LogP contribution in [0.25, 0.3) is 16.7 Å². The van der Waals surface area contributed by atoms with Crippen molar-refractivity contribution in [2.75, 3.05) is 5.32 Å². The van der Waals surface area contributed by atoms with Crippen LogP contribution in [0.15, 0.2) is 115 Å². The van der Waals surface area contributed by atoms with Gasteiger partial charge in [0.05, 0.1) is 5.39 Å². The van der Waals surface area contributed by atoms with Crippen molar-refractivity contribution in [3.05, 3.63) is 137 Å². The predicted octanol–water partition coefficient (Wildman–Crippen LogP) is 5.59. The van der Waals surface area contributed by atoms with Gasteiger partial charge in [-0.05, 0) is 42.8 Å². The van der Waals surface area contributed by atoms with E-state index in [2.05, 4.69) is 18.5 Å². The van der Waals surface area contributed by atoms with Crippen molar-refractivity contribution in [1.82, 2.24) is 9.55 Å². The number of ketones is 1. The van der Waals surface area contributed by atoms with E-state index in [0.29, 0.717) is 33.7 Å². The zero-order valence-corrected chi connectivity index (χ0v) is 18.3. The molecule has 4 rings (SSSR count). The topological polar surface area (TPSA) is 64.0 Å². The predicted molar refractivity (Wildman–Crippen MR) is 134 cm³/mol. The molecule has 162 valence electrons. The van der Waals surface area contributed by atoms with E-state index in [0.717, 1.165) is 5.69 Å². The molecule has 0 amide bonds. The van der Waals surface area contributed by atoms with Gasteiger partial charge in [0, 0.05) is 23.0 Å². The van der Waals surface area contributed by atoms with Gasteiger partial charge in [-0.15, -0.1) is 0 Å². The average molecular weight is 434 g/mol. The van der Waals surface area contributed by atoms with Crippen LogP contribution in [0.5, 0.6) is 0 Å². The first-order valence-electron chi connectivity index (χ1n) is 10.5. The number of rotatable bonds is 7. The van der Waals surface area contributed by atoms with Gasteiger partial charge in [0.2, 0.25) is 5.78 Å². The van der Waals surface area contributed by atoms with E-state index in [-0.39, 0.29) is 16.9 Å². The molecule has 5 nitrogen and oxygen atoms in total. The number of carbonyl (C=O) groups excluding carboxylic acids is 1. The Bertz CT molecular complexity index is 1450. The maximum Gasteiger partial charge on any atom is 0.211 e. The van der Waals surface area contributed by atoms with Crippen LogP contribution in [0.1, 0.15) is 21.6 Å². The Kier molecular flexibility index (Phi) is 6.13. The molecule has 5 heteroatoms. The van der Waals surface area contributed by atoms with Crippen molar-refractivity contribution in [3.63, 3.8) is 0 Å². The Labute approximate surface area is 192 Å². The van der Waals surface area contributed by atoms with Crippen LogP contribution in [0, 0.1) is 6.92 Å². The van der Waals surface area contributed by atoms with Crippen molar-refractivity contribution in [2.24, 2.45) is 0 Å². The van der Waals surface area contributed by atoms with Crippen LogP contribution in [0.4, 0.5) is 5.82 Å². The van der Waals surface area contributed by atoms with Gasteiger partial charge in [0.1, 0.15) is 11.5 Å². The lowest BCUT2D eigenvalue weighted by Crippen LogP contribution is -2.17. The van der Waals surface area contributed by atoms with E-state index in [9.17, 15) is 9.59 Å². The Morgan fingerprint density at radius 2 is 1.67 bits per heavy atom. The van der Waals surface area contributed by atoms with Crippen LogP contribution in [0.2, 0.25) is 0 Å². The molecule has 0 aliphatic rings. The molecule has 0 aliphatic carbocycles. The zero-order valence-electron chi connectivity index (χ0n) is 18.3. The van der Waals surface area contributed by atoms with E-state index >= 15 is 0 Å². The van der Waals surface area contributed by atoms with Gasteiger partial charge < -0.3 is 5.32 Å². The van der Waals surface area contributed by atoms with Gasteiger partial charge in [-0.2, -0.15) is 0 Å². The van der Waals surface area contributed by atoms with Crippen molar-refractivity contribution in [1.29, 1.82) is 0 Å². The number of aromatic nitrogens is 2. The molecule has 0 saturated carbocycles. The summed E-state index contributed by atoms with van der Waals surface area (Å²) in [4.78, 5) is 31.0. The van der Waals surface area contributed by atoms with Crippen LogP contribution in [-0.4, -0.2) is 15.3 Å². The lowest BCUT2D eigenvalue weighted by atomic mass is 10.0. The third kappa shape index (κ3) is 4.29. The lowest BCUT2D eigenvalue weighted by molar-refractivity contribution is 0.103. The summed E-state index contributed by atoms with van der Waals surface area (Å²) in [6.07, 6.45) is 5.03. The van der Waals surface area contributed by atoms with Crippen molar-refractivity contribution < 1.29 is 4.79 Å². The quantitative estimate of drug-likeness (QED) is 0.305. The Hall–Kier alpha value is -4.51. The summed E-state index contributed by atoms with van der Waals surface area (Å²) in [5, 5.41) is 3.70. The number of nitrogens with zero attached hydrogens (tertiary/aromatic N) is 2. The Balaban J connectivity index is 2.04. The molecule has 0 fully saturated rings. The molecule has 33 heavy (non-hydrogen) atoms. The molecule has 1 N–H and O–H groups in total. The van der Waals surface area contributed by atoms with Crippen LogP contribution < -0.4 is 10.7 Å². The molecule has 0 atom stereocenters. The molecule has 0 unspecified atom stereocenters. The van der Waals surface area contributed by atoms with Crippen molar-refractivity contribution in [2.45, 2.75) is 6.92 Å². The number of benzene rings is 2. The average Bonchev–Trinajstić information content (AvgIpc) is 2.84. The fraction of sp³-hybridized carbons (Fsp3) is 0.0357. The molecule has 4 aromatic rings. The van der Waals surface area contributed by atoms with Crippen LogP contribution in [0.3, 0.4) is 0 Å². The van der Waals surface area contributed by atoms with Crippen LogP contribution >= 0.6 is 0 Å². The third-order valence-electron chi connectivity index (χ3n) is 5.24. The minimum Gasteiger partial charge on any atom is -0.341 e. The lowest BCUT2D eigenvalue weighted by Gasteiger charge is -2.19. The number of carbonyl (C=O) groups is 1. The van der Waals surface area contributed by atoms with Gasteiger partial charge >= 0.3 is 0 Å². The molecule has 2 aromatic heterocycles. The number of allylic oxidation sites excluding steroid dienone is 3. The van der Waals surface area contributed by atoms with E-state index in [1.54, 1.807) is 36.4 Å². The zero-order chi connectivity index (χ0) is 23.4. The number of pyridine rings is 2. The molecule has 0 spiro atoms. The van der Waals surface area contributed by atoms with Gasteiger partial charge in [-0.1, -0.05) is 67.8 Å². The fourth-order valence-electron chi connectivity index (χ4n) is 3.72. The summed E-state index contributed by atoms with van der Waals surface area (Å²) < 4.78 is 1.84. The highest BCUT2D eigenvalue weighted by Crippen LogP contribution is 2.25. The molecular formula is C28H23N3O2. The van der Waals surface area contributed by atoms with E-state index in [1.807, 2.05) is 60.0 Å². The monoisotopic (exact) mass is 433 g/mol. The van der Waals surface area contributed by atoms with Gasteiger partial charge in [0.25, 0.3) is 0 Å². The number of para-hydroxylation sites is 1. The van der Waals surface area contributed by atoms with Gasteiger partial charge in [-0.3, -0.25) is 14.2 Å². The maximum absolute atomic E-state index is 13.2. The van der Waals surface area contributed by atoms with E-state index in [1.165, 1.54) is 6.07 Å². The molecule has 0 saturated heterocycles. The second-order valence-electron chi connectivity index (χ2n) is 7.47. The molecule has 0 radical (unpaired) electrons. The smallest absolute Gasteiger partial charge is 0.211 e. The van der Waals surface area contributed by atoms with E-state index in [4.69, 9.17) is 4.98 Å². The number of hydrogen-bond donors (Lipinski definition) is 1. The Morgan fingerprint density at radius 3 is 2.30 bits per heavy atom. The second kappa shape index (κ2) is 9.32. The standard InChI is InChI=1S/C28H23N3O2/c1-4-12-21(5-2)29-25-18-24(32)26-19(3)17-23(27(33)20-13-8-6-9-14-20)30-28(26)31(25)22-15-10-7-11-16-22/h4-18,29H,1-2H2,3H3/b21-12+. The summed E-state index contributed by atoms with van der Waals surface area (Å²) in [5.74, 6) is 0.298. The third-order valence-corrected chi connectivity index (χ3v) is 5.24. The number of nitrogens with one attached hydrogen (secondary N) is 1. The first-order valence-corrected chi connectivity index (χ1v) is 10.5. The van der Waals surface area contributed by atoms with Crippen LogP contribution in [-0.2, 0) is 0 Å². The molecule has 2 heterocycles. The minimum atomic E-state index is -0.204. The normalized spacial score (nSPS) is 11.2. The number of anilines is 1. The summed E-state index contributed by atoms with van der Waals surface area (Å²) in [5.41, 5.74) is 3.17. The van der Waals surface area contributed by atoms with Gasteiger partial charge in [-0.25, -0.2) is 4.98 Å². The molecule has 0 aliphatic heterocycles. The summed E-state index contributed by atoms with van der Waals surface area (Å²) >= 11 is 0. The molecular weight excluding hydrogens is 410 g/mol. The highest BCUT2D eigenvalue weighted by atomic mass is 16.1. The minimum absolute atomic E-state index is 0.189. The highest BCUT2D eigenvalue weighted by molar-refractivity contribution is 6.08. The first kappa shape index (κ1) is 21.7. The number of aryl methyl sites for hydroxylation is 1. The Morgan fingerprint density at radius 1 is 1.00 bits per heavy atom. The van der Waals surface area contributed by atoms with Crippen molar-refractivity contribution in [3.8, 4) is 5.69 Å². The fourth-order valence-corrected chi connectivity index (χ4v) is 3.72. The maximum atomic E-state index is 13.2. The second-order valence-corrected chi connectivity index (χ2v) is 7.47. The molecule has 2 aromatic carbocycles. The first-order chi connectivity index (χ1) is 16.0. The summed E-state index contributed by atoms with van der Waals surface area (Å²) in [6.45, 7) is 9.37.